The average Bonchev–Trinajstić information content (AvgIpc) is 2.92. The highest BCUT2D eigenvalue weighted by atomic mass is 79.9. The Bertz CT molecular complexity index is 925. The summed E-state index contributed by atoms with van der Waals surface area (Å²) in [6.07, 6.45) is 0.440. The topological polar surface area (TPSA) is 70.0 Å². The number of phenolic OH excluding ortho intramolecular Hbond substituents is 1. The Hall–Kier alpha value is -1.86. The van der Waals surface area contributed by atoms with Crippen molar-refractivity contribution in [3.63, 3.8) is 0 Å². The quantitative estimate of drug-likeness (QED) is 0.834. The van der Waals surface area contributed by atoms with Gasteiger partial charge in [-0.05, 0) is 43.7 Å². The molecule has 1 aliphatic heterocycles. The van der Waals surface area contributed by atoms with Gasteiger partial charge in [-0.15, -0.1) is 0 Å². The predicted molar refractivity (Wildman–Crippen MR) is 96.5 cm³/mol. The molecule has 0 radical (unpaired) electrons. The zero-order chi connectivity index (χ0) is 17.5. The van der Waals surface area contributed by atoms with Crippen LogP contribution in [0.3, 0.4) is 0 Å². The maximum Gasteiger partial charge on any atom is 0.279 e. The van der Waals surface area contributed by atoms with Crippen molar-refractivity contribution >= 4 is 31.7 Å². The van der Waals surface area contributed by atoms with Crippen molar-refractivity contribution in [2.75, 3.05) is 0 Å². The van der Waals surface area contributed by atoms with Crippen LogP contribution in [0.4, 0.5) is 0 Å². The number of nitrogens with zero attached hydrogens (tertiary/aromatic N) is 2. The number of hydrazone groups is 1. The number of halogens is 1. The Morgan fingerprint density at radius 2 is 1.92 bits per heavy atom. The van der Waals surface area contributed by atoms with Gasteiger partial charge < -0.3 is 5.11 Å². The molecule has 1 N–H and O–H groups in total. The van der Waals surface area contributed by atoms with Crippen molar-refractivity contribution in [1.29, 1.82) is 0 Å². The molecule has 126 valence electrons. The van der Waals surface area contributed by atoms with Crippen molar-refractivity contribution < 1.29 is 13.5 Å². The van der Waals surface area contributed by atoms with Gasteiger partial charge in [0.25, 0.3) is 10.0 Å². The minimum absolute atomic E-state index is 0.0538. The van der Waals surface area contributed by atoms with Gasteiger partial charge in [0, 0.05) is 22.2 Å². The van der Waals surface area contributed by atoms with E-state index in [4.69, 9.17) is 0 Å². The molecule has 5 nitrogen and oxygen atoms in total. The van der Waals surface area contributed by atoms with E-state index in [-0.39, 0.29) is 10.6 Å². The van der Waals surface area contributed by atoms with Crippen LogP contribution in [0.2, 0.25) is 0 Å². The predicted octanol–water partition coefficient (Wildman–Crippen LogP) is 3.97. The fraction of sp³-hybridized carbons (Fsp3) is 0.235. The molecule has 2 aromatic rings. The van der Waals surface area contributed by atoms with Crippen molar-refractivity contribution in [3.05, 3.63) is 58.1 Å². The summed E-state index contributed by atoms with van der Waals surface area (Å²) in [7, 11) is -3.81. The molecule has 0 fully saturated rings. The molecule has 0 spiro atoms. The van der Waals surface area contributed by atoms with Gasteiger partial charge in [0.15, 0.2) is 0 Å². The van der Waals surface area contributed by atoms with E-state index in [1.807, 2.05) is 0 Å². The van der Waals surface area contributed by atoms with Gasteiger partial charge in [0.05, 0.1) is 10.9 Å². The van der Waals surface area contributed by atoms with Crippen LogP contribution < -0.4 is 0 Å². The van der Waals surface area contributed by atoms with E-state index in [1.165, 1.54) is 0 Å². The molecule has 1 heterocycles. The molecule has 1 atom stereocenters. The highest BCUT2D eigenvalue weighted by molar-refractivity contribution is 9.10. The van der Waals surface area contributed by atoms with Gasteiger partial charge in [0.2, 0.25) is 0 Å². The van der Waals surface area contributed by atoms with E-state index in [1.54, 1.807) is 56.3 Å². The maximum absolute atomic E-state index is 13.1. The monoisotopic (exact) mass is 408 g/mol. The third-order valence-electron chi connectivity index (χ3n) is 3.99. The fourth-order valence-corrected chi connectivity index (χ4v) is 4.90. The summed E-state index contributed by atoms with van der Waals surface area (Å²) in [5, 5.41) is 14.4. The van der Waals surface area contributed by atoms with Crippen molar-refractivity contribution in [3.8, 4) is 5.75 Å². The van der Waals surface area contributed by atoms with Crippen LogP contribution in [0, 0.1) is 6.92 Å². The first-order valence-electron chi connectivity index (χ1n) is 7.43. The molecule has 0 amide bonds. The zero-order valence-corrected chi connectivity index (χ0v) is 15.7. The first-order chi connectivity index (χ1) is 11.3. The number of benzene rings is 2. The van der Waals surface area contributed by atoms with Crippen LogP contribution in [0.5, 0.6) is 5.75 Å². The second-order valence-electron chi connectivity index (χ2n) is 5.80. The standard InChI is InChI=1S/C17H17BrN2O3S/c1-11-5-3-4-6-17(11)24(22,23)20-15(9-12(2)19-20)14-10-13(18)7-8-16(14)21/h3-8,10,15,21H,9H2,1-2H3. The Balaban J connectivity index is 2.11. The molecule has 0 saturated carbocycles. The minimum atomic E-state index is -3.81. The molecule has 1 aliphatic rings. The molecule has 0 bridgehead atoms. The molecule has 0 saturated heterocycles. The molecular weight excluding hydrogens is 392 g/mol. The Morgan fingerprint density at radius 1 is 1.21 bits per heavy atom. The van der Waals surface area contributed by atoms with Crippen LogP contribution >= 0.6 is 15.9 Å². The number of hydrogen-bond acceptors (Lipinski definition) is 4. The lowest BCUT2D eigenvalue weighted by molar-refractivity contribution is 0.358. The van der Waals surface area contributed by atoms with E-state index in [0.29, 0.717) is 23.3 Å². The molecule has 0 aromatic heterocycles. The van der Waals surface area contributed by atoms with Crippen LogP contribution in [0.15, 0.2) is 56.9 Å². The SMILES string of the molecule is CC1=NN(S(=O)(=O)c2ccccc2C)C(c2cc(Br)ccc2O)C1. The third-order valence-corrected chi connectivity index (χ3v) is 6.33. The summed E-state index contributed by atoms with van der Waals surface area (Å²) in [6, 6.07) is 11.2. The summed E-state index contributed by atoms with van der Waals surface area (Å²) in [5.41, 5.74) is 1.90. The number of aromatic hydroxyl groups is 1. The van der Waals surface area contributed by atoms with Crippen LogP contribution in [0.25, 0.3) is 0 Å². The Morgan fingerprint density at radius 3 is 2.62 bits per heavy atom. The summed E-state index contributed by atoms with van der Waals surface area (Å²) in [6.45, 7) is 3.54. The summed E-state index contributed by atoms with van der Waals surface area (Å²) < 4.78 is 28.1. The Kier molecular flexibility index (Phi) is 4.40. The van der Waals surface area contributed by atoms with Crippen LogP contribution in [-0.2, 0) is 10.0 Å². The third kappa shape index (κ3) is 2.93. The van der Waals surface area contributed by atoms with Crippen molar-refractivity contribution in [1.82, 2.24) is 4.41 Å². The highest BCUT2D eigenvalue weighted by Crippen LogP contribution is 2.40. The summed E-state index contributed by atoms with van der Waals surface area (Å²) >= 11 is 3.37. The number of sulfonamides is 1. The molecule has 0 aliphatic carbocycles. The largest absolute Gasteiger partial charge is 0.508 e. The van der Waals surface area contributed by atoms with Gasteiger partial charge in [-0.2, -0.15) is 17.9 Å². The lowest BCUT2D eigenvalue weighted by Crippen LogP contribution is -2.28. The van der Waals surface area contributed by atoms with Gasteiger partial charge in [-0.3, -0.25) is 0 Å². The smallest absolute Gasteiger partial charge is 0.279 e. The molecule has 2 aromatic carbocycles. The summed E-state index contributed by atoms with van der Waals surface area (Å²) in [5.74, 6) is 0.0538. The second-order valence-corrected chi connectivity index (χ2v) is 8.48. The molecule has 3 rings (SSSR count). The Labute approximate surface area is 149 Å². The lowest BCUT2D eigenvalue weighted by Gasteiger charge is -2.25. The van der Waals surface area contributed by atoms with Crippen LogP contribution in [0.1, 0.15) is 30.5 Å². The number of aryl methyl sites for hydroxylation is 1. The molecule has 7 heteroatoms. The van der Waals surface area contributed by atoms with Gasteiger partial charge in [-0.1, -0.05) is 34.1 Å². The normalized spacial score (nSPS) is 17.9. The minimum Gasteiger partial charge on any atom is -0.508 e. The van der Waals surface area contributed by atoms with Crippen molar-refractivity contribution in [2.45, 2.75) is 31.2 Å². The fourth-order valence-electron chi connectivity index (χ4n) is 2.83. The van der Waals surface area contributed by atoms with Crippen molar-refractivity contribution in [2.24, 2.45) is 5.10 Å². The zero-order valence-electron chi connectivity index (χ0n) is 13.3. The number of rotatable bonds is 3. The van der Waals surface area contributed by atoms with Gasteiger partial charge in [-0.25, -0.2) is 0 Å². The molecule has 1 unspecified atom stereocenters. The average molecular weight is 409 g/mol. The van der Waals surface area contributed by atoms with E-state index >= 15 is 0 Å². The molecular formula is C17H17BrN2O3S. The maximum atomic E-state index is 13.1. The first-order valence-corrected chi connectivity index (χ1v) is 9.66. The number of hydrogen-bond donors (Lipinski definition) is 1. The summed E-state index contributed by atoms with van der Waals surface area (Å²) in [4.78, 5) is 0.225. The number of phenols is 1. The van der Waals surface area contributed by atoms with Gasteiger partial charge in [0.1, 0.15) is 5.75 Å². The van der Waals surface area contributed by atoms with Crippen LogP contribution in [-0.4, -0.2) is 23.7 Å². The van der Waals surface area contributed by atoms with E-state index < -0.39 is 16.1 Å². The molecule has 24 heavy (non-hydrogen) atoms. The van der Waals surface area contributed by atoms with Gasteiger partial charge >= 0.3 is 0 Å². The first kappa shape index (κ1) is 17.0. The second kappa shape index (κ2) is 6.22. The van der Waals surface area contributed by atoms with E-state index in [9.17, 15) is 13.5 Å². The van der Waals surface area contributed by atoms with E-state index in [0.717, 1.165) is 8.89 Å². The van der Waals surface area contributed by atoms with E-state index in [2.05, 4.69) is 21.0 Å². The highest BCUT2D eigenvalue weighted by Gasteiger charge is 2.38. The lowest BCUT2D eigenvalue weighted by atomic mass is 10.0.